The Bertz CT molecular complexity index is 610. The highest BCUT2D eigenvalue weighted by Gasteiger charge is 2.23. The van der Waals surface area contributed by atoms with E-state index >= 15 is 0 Å². The van der Waals surface area contributed by atoms with Crippen LogP contribution >= 0.6 is 11.3 Å². The van der Waals surface area contributed by atoms with Gasteiger partial charge in [-0.3, -0.25) is 4.79 Å². The van der Waals surface area contributed by atoms with Crippen molar-refractivity contribution in [1.29, 1.82) is 0 Å². The van der Waals surface area contributed by atoms with Gasteiger partial charge in [0.05, 0.1) is 13.7 Å². The summed E-state index contributed by atoms with van der Waals surface area (Å²) in [4.78, 5) is 32.2. The van der Waals surface area contributed by atoms with E-state index in [1.165, 1.54) is 16.9 Å². The Kier molecular flexibility index (Phi) is 7.71. The zero-order valence-corrected chi connectivity index (χ0v) is 16.3. The molecule has 8 nitrogen and oxygen atoms in total. The molecule has 2 amide bonds. The lowest BCUT2D eigenvalue weighted by atomic mass is 10.1. The smallest absolute Gasteiger partial charge is 0.409 e. The Hall–Kier alpha value is -2.29. The molecule has 1 aromatic heterocycles. The van der Waals surface area contributed by atoms with Gasteiger partial charge in [-0.2, -0.15) is 0 Å². The number of methoxy groups -OCH3 is 1. The number of rotatable bonds is 5. The van der Waals surface area contributed by atoms with Crippen LogP contribution < -0.4 is 10.6 Å². The van der Waals surface area contributed by atoms with Crippen LogP contribution in [0.15, 0.2) is 22.5 Å². The number of nitrogens with zero attached hydrogens (tertiary/aromatic N) is 3. The second kappa shape index (κ2) is 10.0. The van der Waals surface area contributed by atoms with Gasteiger partial charge in [0, 0.05) is 38.1 Å². The molecule has 0 aliphatic carbocycles. The normalized spacial score (nSPS) is 15.5. The van der Waals surface area contributed by atoms with E-state index < -0.39 is 0 Å². The fraction of sp³-hybridized carbons (Fsp3) is 0.588. The first-order valence-corrected chi connectivity index (χ1v) is 9.48. The molecular formula is C17H27N5O3S. The molecule has 1 aromatic rings. The minimum Gasteiger partial charge on any atom is -0.453 e. The second-order valence-corrected chi connectivity index (χ2v) is 7.29. The maximum atomic E-state index is 11.8. The van der Waals surface area contributed by atoms with Crippen LogP contribution in [0.1, 0.15) is 17.7 Å². The van der Waals surface area contributed by atoms with Gasteiger partial charge in [-0.25, -0.2) is 9.79 Å². The molecule has 0 saturated carbocycles. The summed E-state index contributed by atoms with van der Waals surface area (Å²) in [5, 5.41) is 8.69. The van der Waals surface area contributed by atoms with Crippen LogP contribution in [0.2, 0.25) is 0 Å². The molecule has 144 valence electrons. The molecule has 0 unspecified atom stereocenters. The largest absolute Gasteiger partial charge is 0.453 e. The van der Waals surface area contributed by atoms with E-state index in [4.69, 9.17) is 4.74 Å². The number of likely N-dealkylation sites (N-methyl/N-ethyl adjacent to an activating group) is 1. The lowest BCUT2D eigenvalue weighted by Crippen LogP contribution is -2.49. The number of amides is 2. The number of carbonyl (C=O) groups excluding carboxylic acids is 2. The average molecular weight is 382 g/mol. The monoisotopic (exact) mass is 381 g/mol. The van der Waals surface area contributed by atoms with Crippen molar-refractivity contribution in [2.45, 2.75) is 25.4 Å². The molecule has 0 aromatic carbocycles. The third-order valence-electron chi connectivity index (χ3n) is 4.15. The van der Waals surface area contributed by atoms with Gasteiger partial charge >= 0.3 is 6.09 Å². The Morgan fingerprint density at radius 2 is 2.12 bits per heavy atom. The number of likely N-dealkylation sites (tertiary alicyclic amines) is 1. The number of nitrogens with one attached hydrogen (secondary N) is 2. The van der Waals surface area contributed by atoms with Gasteiger partial charge in [0.25, 0.3) is 0 Å². The Morgan fingerprint density at radius 3 is 2.69 bits per heavy atom. The Balaban J connectivity index is 1.91. The number of carbonyl (C=O) groups is 2. The lowest BCUT2D eigenvalue weighted by Gasteiger charge is -2.32. The van der Waals surface area contributed by atoms with E-state index in [1.54, 1.807) is 30.3 Å². The highest BCUT2D eigenvalue weighted by Crippen LogP contribution is 2.11. The first-order valence-electron chi connectivity index (χ1n) is 8.60. The van der Waals surface area contributed by atoms with Crippen molar-refractivity contribution in [2.75, 3.05) is 40.8 Å². The number of hydrogen-bond donors (Lipinski definition) is 2. The highest BCUT2D eigenvalue weighted by molar-refractivity contribution is 7.09. The molecule has 0 radical (unpaired) electrons. The van der Waals surface area contributed by atoms with E-state index in [0.717, 1.165) is 12.8 Å². The zero-order chi connectivity index (χ0) is 18.9. The van der Waals surface area contributed by atoms with Crippen LogP contribution in [0.3, 0.4) is 0 Å². The summed E-state index contributed by atoms with van der Waals surface area (Å²) in [6, 6.07) is 4.25. The number of hydrogen-bond acceptors (Lipinski definition) is 5. The van der Waals surface area contributed by atoms with Gasteiger partial charge in [0.1, 0.15) is 6.54 Å². The fourth-order valence-corrected chi connectivity index (χ4v) is 3.20. The third-order valence-corrected chi connectivity index (χ3v) is 5.03. The van der Waals surface area contributed by atoms with Crippen molar-refractivity contribution in [3.63, 3.8) is 0 Å². The summed E-state index contributed by atoms with van der Waals surface area (Å²) >= 11 is 1.67. The van der Waals surface area contributed by atoms with E-state index in [-0.39, 0.29) is 24.6 Å². The molecule has 1 aliphatic rings. The molecule has 2 heterocycles. The maximum Gasteiger partial charge on any atom is 0.409 e. The predicted octanol–water partition coefficient (Wildman–Crippen LogP) is 1.10. The van der Waals surface area contributed by atoms with Crippen molar-refractivity contribution in [1.82, 2.24) is 20.4 Å². The van der Waals surface area contributed by atoms with Crippen LogP contribution in [-0.2, 0) is 16.1 Å². The minimum atomic E-state index is -0.287. The van der Waals surface area contributed by atoms with Gasteiger partial charge < -0.3 is 25.2 Å². The standard InChI is InChI=1S/C17H27N5O3S/c1-21(2)15(23)12-19-16(18-11-14-5-4-10-26-14)20-13-6-8-22(9-7-13)17(24)25-3/h4-5,10,13H,6-9,11-12H2,1-3H3,(H2,18,19,20). The molecule has 2 N–H and O–H groups in total. The molecule has 1 fully saturated rings. The quantitative estimate of drug-likeness (QED) is 0.589. The highest BCUT2D eigenvalue weighted by atomic mass is 32.1. The van der Waals surface area contributed by atoms with Crippen LogP contribution in [-0.4, -0.2) is 74.6 Å². The fourth-order valence-electron chi connectivity index (χ4n) is 2.55. The third kappa shape index (κ3) is 6.21. The SMILES string of the molecule is COC(=O)N1CCC(NC(=NCC(=O)N(C)C)NCc2cccs2)CC1. The Labute approximate surface area is 158 Å². The van der Waals surface area contributed by atoms with E-state index in [0.29, 0.717) is 25.6 Å². The van der Waals surface area contributed by atoms with Gasteiger partial charge in [-0.05, 0) is 24.3 Å². The number of piperidine rings is 1. The van der Waals surface area contributed by atoms with Gasteiger partial charge in [0.15, 0.2) is 5.96 Å². The maximum absolute atomic E-state index is 11.8. The number of ether oxygens (including phenoxy) is 1. The molecule has 0 spiro atoms. The van der Waals surface area contributed by atoms with Crippen LogP contribution in [0.4, 0.5) is 4.79 Å². The molecule has 9 heteroatoms. The average Bonchev–Trinajstić information content (AvgIpc) is 3.17. The van der Waals surface area contributed by atoms with Crippen molar-refractivity contribution < 1.29 is 14.3 Å². The summed E-state index contributed by atoms with van der Waals surface area (Å²) in [7, 11) is 4.83. The number of aliphatic imine (C=N–C) groups is 1. The molecule has 26 heavy (non-hydrogen) atoms. The molecular weight excluding hydrogens is 354 g/mol. The molecule has 0 atom stereocenters. The Morgan fingerprint density at radius 1 is 1.38 bits per heavy atom. The molecule has 0 bridgehead atoms. The first kappa shape index (κ1) is 20.0. The summed E-state index contributed by atoms with van der Waals surface area (Å²) in [5.74, 6) is 0.563. The number of thiophene rings is 1. The summed E-state index contributed by atoms with van der Waals surface area (Å²) in [5.41, 5.74) is 0. The van der Waals surface area contributed by atoms with Crippen LogP contribution in [0, 0.1) is 0 Å². The van der Waals surface area contributed by atoms with Crippen molar-refractivity contribution in [3.8, 4) is 0 Å². The van der Waals surface area contributed by atoms with Gasteiger partial charge in [-0.15, -0.1) is 11.3 Å². The first-order chi connectivity index (χ1) is 12.5. The van der Waals surface area contributed by atoms with Crippen LogP contribution in [0.5, 0.6) is 0 Å². The van der Waals surface area contributed by atoms with Gasteiger partial charge in [0.2, 0.25) is 5.91 Å². The van der Waals surface area contributed by atoms with E-state index in [2.05, 4.69) is 21.7 Å². The topological polar surface area (TPSA) is 86.3 Å². The summed E-state index contributed by atoms with van der Waals surface area (Å²) in [6.07, 6.45) is 1.32. The molecule has 2 rings (SSSR count). The van der Waals surface area contributed by atoms with Crippen molar-refractivity contribution in [2.24, 2.45) is 4.99 Å². The lowest BCUT2D eigenvalue weighted by molar-refractivity contribution is -0.127. The van der Waals surface area contributed by atoms with Crippen LogP contribution in [0.25, 0.3) is 0 Å². The van der Waals surface area contributed by atoms with Crippen molar-refractivity contribution >= 4 is 29.3 Å². The van der Waals surface area contributed by atoms with E-state index in [1.807, 2.05) is 11.4 Å². The molecule has 1 aliphatic heterocycles. The van der Waals surface area contributed by atoms with Gasteiger partial charge in [-0.1, -0.05) is 6.07 Å². The second-order valence-electron chi connectivity index (χ2n) is 6.26. The van der Waals surface area contributed by atoms with Crippen molar-refractivity contribution in [3.05, 3.63) is 22.4 Å². The summed E-state index contributed by atoms with van der Waals surface area (Å²) in [6.45, 7) is 2.02. The summed E-state index contributed by atoms with van der Waals surface area (Å²) < 4.78 is 4.76. The minimum absolute atomic E-state index is 0.0530. The zero-order valence-electron chi connectivity index (χ0n) is 15.5. The van der Waals surface area contributed by atoms with E-state index in [9.17, 15) is 9.59 Å². The number of guanidine groups is 1. The predicted molar refractivity (Wildman–Crippen MR) is 102 cm³/mol. The molecule has 1 saturated heterocycles.